The molecule has 5 N–H and O–H groups in total. The number of aliphatic hydroxyl groups excluding tert-OH is 2. The van der Waals surface area contributed by atoms with Crippen LogP contribution in [0.1, 0.15) is 64.6 Å². The van der Waals surface area contributed by atoms with Gasteiger partial charge in [0, 0.05) is 24.5 Å². The van der Waals surface area contributed by atoms with Crippen LogP contribution in [0.4, 0.5) is 5.82 Å². The monoisotopic (exact) mass is 517 g/mol. The molecule has 5 atom stereocenters. The summed E-state index contributed by atoms with van der Waals surface area (Å²) in [5.74, 6) is 1.75. The second kappa shape index (κ2) is 9.39. The quantitative estimate of drug-likeness (QED) is 0.357. The Morgan fingerprint density at radius 2 is 1.68 bits per heavy atom. The summed E-state index contributed by atoms with van der Waals surface area (Å²) in [7, 11) is 0. The summed E-state index contributed by atoms with van der Waals surface area (Å²) in [5.41, 5.74) is 1.19. The van der Waals surface area contributed by atoms with Gasteiger partial charge in [-0.3, -0.25) is 9.13 Å². The van der Waals surface area contributed by atoms with E-state index in [1.54, 1.807) is 0 Å². The number of anilines is 1. The number of nitrogens with zero attached hydrogens (tertiary/aromatic N) is 4. The first-order valence-corrected chi connectivity index (χ1v) is 13.2. The molecule has 0 aromatic heterocycles. The van der Waals surface area contributed by atoms with Gasteiger partial charge in [0.25, 0.3) is 0 Å². The zero-order chi connectivity index (χ0) is 26.6. The second-order valence-electron chi connectivity index (χ2n) is 11.1. The third-order valence-corrected chi connectivity index (χ3v) is 8.78. The minimum Gasteiger partial charge on any atom is -0.479 e. The molecule has 202 valence electrons. The van der Waals surface area contributed by atoms with E-state index < -0.39 is 24.1 Å². The van der Waals surface area contributed by atoms with Crippen LogP contribution >= 0.6 is 0 Å². The van der Waals surface area contributed by atoms with Gasteiger partial charge >= 0.3 is 17.6 Å². The van der Waals surface area contributed by atoms with Crippen LogP contribution in [0, 0.1) is 17.8 Å². The largest absolute Gasteiger partial charge is 0.479 e. The average Bonchev–Trinajstić information content (AvgIpc) is 3.60. The maximum Gasteiger partial charge on any atom is 0.335 e. The van der Waals surface area contributed by atoms with Crippen molar-refractivity contribution in [2.75, 3.05) is 5.32 Å². The highest BCUT2D eigenvalue weighted by Gasteiger charge is 2.60. The van der Waals surface area contributed by atoms with E-state index in [1.165, 1.54) is 32.1 Å². The molecule has 0 saturated heterocycles. The number of fused-ring (bicyclic) bond motifs is 3. The Morgan fingerprint density at radius 3 is 2.22 bits per heavy atom. The minimum absolute atomic E-state index is 0.0731. The smallest absolute Gasteiger partial charge is 0.335 e. The van der Waals surface area contributed by atoms with Gasteiger partial charge in [0.05, 0.1) is 0 Å². The number of hydrogen-bond acceptors (Lipinski definition) is 8. The Kier molecular flexibility index (Phi) is 6.51. The van der Waals surface area contributed by atoms with Gasteiger partial charge in [-0.15, -0.1) is 0 Å². The minimum atomic E-state index is -2.27. The molecule has 4 saturated carbocycles. The lowest BCUT2D eigenvalue weighted by atomic mass is 9.75. The second-order valence-corrected chi connectivity index (χ2v) is 11.1. The first-order valence-electron chi connectivity index (χ1n) is 13.2. The molecular weight excluding hydrogens is 482 g/mol. The standard InChI is InChI=1S/C21H29N5O.C4H6O6/c1-3-5-25-18-16(17-22-15(4-2)11-26(17)20(25)27)23-19(24-18)21-9-12-6-13(10-21)8-14(21)7-12;5-1(3(7)8)2(6)4(9)10/h12-15,22H,3-11H2,1-2H3;1-2,5-6H,(H,7,8)(H,9,10)/t12?,13?,14?,15-,21?;/m1./s1. The predicted octanol–water partition coefficient (Wildman–Crippen LogP) is 1.11. The average molecular weight is 518 g/mol. The summed E-state index contributed by atoms with van der Waals surface area (Å²) in [4.78, 5) is 42.9. The van der Waals surface area contributed by atoms with Crippen molar-refractivity contribution < 1.29 is 30.0 Å². The zero-order valence-electron chi connectivity index (χ0n) is 21.1. The molecule has 4 fully saturated rings. The molecule has 3 aliphatic heterocycles. The number of rotatable bonds is 7. The summed E-state index contributed by atoms with van der Waals surface area (Å²) in [6.45, 7) is 5.74. The van der Waals surface area contributed by atoms with Crippen LogP contribution in [-0.4, -0.2) is 69.7 Å². The van der Waals surface area contributed by atoms with Crippen molar-refractivity contribution in [1.29, 1.82) is 0 Å². The van der Waals surface area contributed by atoms with Crippen LogP contribution < -0.4 is 11.0 Å². The van der Waals surface area contributed by atoms with Crippen LogP contribution in [0.25, 0.3) is 11.5 Å². The molecule has 0 aromatic carbocycles. The number of imidazole rings is 1. The Morgan fingerprint density at radius 1 is 1.05 bits per heavy atom. The van der Waals surface area contributed by atoms with Gasteiger partial charge in [-0.1, -0.05) is 13.8 Å². The van der Waals surface area contributed by atoms with Crippen molar-refractivity contribution in [2.24, 2.45) is 17.8 Å². The Balaban J connectivity index is 0.000000241. The van der Waals surface area contributed by atoms with Gasteiger partial charge in [0.2, 0.25) is 0 Å². The number of carbonyl (C=O) groups is 2. The highest BCUT2D eigenvalue weighted by Crippen LogP contribution is 2.65. The zero-order valence-corrected chi connectivity index (χ0v) is 21.1. The van der Waals surface area contributed by atoms with E-state index in [-0.39, 0.29) is 11.1 Å². The maximum atomic E-state index is 13.2. The van der Waals surface area contributed by atoms with Gasteiger partial charge in [0.15, 0.2) is 18.0 Å². The first-order chi connectivity index (χ1) is 17.6. The maximum absolute atomic E-state index is 13.2. The molecular formula is C25H35N5O7. The molecule has 0 spiro atoms. The van der Waals surface area contributed by atoms with Crippen LogP contribution in [0.2, 0.25) is 0 Å². The van der Waals surface area contributed by atoms with Crippen molar-refractivity contribution in [1.82, 2.24) is 19.1 Å². The number of aliphatic carboxylic acids is 2. The predicted molar refractivity (Wildman–Crippen MR) is 131 cm³/mol. The number of carboxylic acids is 2. The molecule has 0 radical (unpaired) electrons. The fraction of sp³-hybridized carbons (Fsp3) is 0.720. The van der Waals surface area contributed by atoms with Gasteiger partial charge in [-0.25, -0.2) is 24.4 Å². The summed E-state index contributed by atoms with van der Waals surface area (Å²) < 4.78 is 3.78. The first kappa shape index (κ1) is 25.7. The molecule has 12 heteroatoms. The van der Waals surface area contributed by atoms with Gasteiger partial charge in [-0.2, -0.15) is 0 Å². The van der Waals surface area contributed by atoms with E-state index in [9.17, 15) is 14.4 Å². The summed E-state index contributed by atoms with van der Waals surface area (Å²) >= 11 is 0. The third kappa shape index (κ3) is 4.10. The van der Waals surface area contributed by atoms with Crippen molar-refractivity contribution in [3.8, 4) is 11.5 Å². The molecule has 37 heavy (non-hydrogen) atoms. The molecule has 7 aliphatic rings. The van der Waals surface area contributed by atoms with E-state index in [1.807, 2.05) is 9.13 Å². The van der Waals surface area contributed by atoms with Crippen LogP contribution in [0.3, 0.4) is 0 Å². The van der Waals surface area contributed by atoms with Crippen molar-refractivity contribution >= 4 is 17.8 Å². The molecule has 12 nitrogen and oxygen atoms in total. The highest BCUT2D eigenvalue weighted by atomic mass is 16.4. The van der Waals surface area contributed by atoms with Crippen LogP contribution in [0.15, 0.2) is 4.79 Å². The Labute approximate surface area is 213 Å². The molecule has 4 aliphatic carbocycles. The van der Waals surface area contributed by atoms with E-state index >= 15 is 0 Å². The number of nitrogens with one attached hydrogen (secondary N) is 1. The summed E-state index contributed by atoms with van der Waals surface area (Å²) in [6, 6.07) is 0.315. The van der Waals surface area contributed by atoms with Crippen molar-refractivity contribution in [2.45, 2.75) is 95.5 Å². The number of aliphatic hydroxyl groups is 2. The van der Waals surface area contributed by atoms with Crippen LogP contribution in [0.5, 0.6) is 0 Å². The lowest BCUT2D eigenvalue weighted by Crippen LogP contribution is -2.39. The topological polar surface area (TPSA) is 180 Å². The molecule has 0 amide bonds. The molecule has 4 unspecified atom stereocenters. The van der Waals surface area contributed by atoms with Gasteiger partial charge in [-0.05, 0) is 62.7 Å². The van der Waals surface area contributed by atoms with Gasteiger partial charge < -0.3 is 25.7 Å². The van der Waals surface area contributed by atoms with Gasteiger partial charge in [0.1, 0.15) is 17.3 Å². The van der Waals surface area contributed by atoms with Crippen molar-refractivity contribution in [3.05, 3.63) is 16.3 Å². The Bertz CT molecular complexity index is 1210. The SMILES string of the molecule is CCCn1c2nc(C34CC5CC(CC3C5)C4)nc-2c2n(c1=O)C[C@@H](CC)N2.O=C(O)C(O)C(O)C(=O)O. The lowest BCUT2D eigenvalue weighted by molar-refractivity contribution is -0.165. The fourth-order valence-electron chi connectivity index (χ4n) is 7.23. The molecule has 0 aromatic rings. The van der Waals surface area contributed by atoms with Crippen molar-refractivity contribution in [3.63, 3.8) is 0 Å². The fourth-order valence-corrected chi connectivity index (χ4v) is 7.23. The van der Waals surface area contributed by atoms with E-state index in [0.717, 1.165) is 60.3 Å². The normalized spacial score (nSPS) is 30.5. The van der Waals surface area contributed by atoms with Crippen LogP contribution in [-0.2, 0) is 28.1 Å². The third-order valence-electron chi connectivity index (χ3n) is 8.78. The molecule has 7 rings (SSSR count). The van der Waals surface area contributed by atoms with E-state index in [0.29, 0.717) is 12.6 Å². The summed E-state index contributed by atoms with van der Waals surface area (Å²) in [6.07, 6.45) is 4.09. The Hall–Kier alpha value is -2.99. The van der Waals surface area contributed by atoms with E-state index in [2.05, 4.69) is 19.2 Å². The summed E-state index contributed by atoms with van der Waals surface area (Å²) in [5, 5.41) is 36.1. The number of aromatic nitrogens is 4. The number of carboxylic acid groups (broad SMARTS) is 2. The highest BCUT2D eigenvalue weighted by molar-refractivity contribution is 5.83. The van der Waals surface area contributed by atoms with E-state index in [4.69, 9.17) is 30.4 Å². The molecule has 4 bridgehead atoms. The lowest BCUT2D eigenvalue weighted by Gasteiger charge is -2.30. The number of hydrogen-bond donors (Lipinski definition) is 5. The molecule has 3 heterocycles.